The van der Waals surface area contributed by atoms with Crippen LogP contribution in [0.4, 0.5) is 4.39 Å². The molecule has 1 saturated heterocycles. The maximum Gasteiger partial charge on any atom is 0.251 e. The van der Waals surface area contributed by atoms with Gasteiger partial charge in [-0.1, -0.05) is 24.3 Å². The third-order valence-corrected chi connectivity index (χ3v) is 4.50. The van der Waals surface area contributed by atoms with Gasteiger partial charge in [-0.25, -0.2) is 4.39 Å². The van der Waals surface area contributed by atoms with Crippen LogP contribution in [-0.4, -0.2) is 30.4 Å². The number of nitrogens with zero attached hydrogens (tertiary/aromatic N) is 1. The predicted molar refractivity (Wildman–Crippen MR) is 95.2 cm³/mol. The number of hydrogen-bond acceptors (Lipinski definition) is 3. The number of likely N-dealkylation sites (tertiary alicyclic amines) is 1. The average molecular weight is 356 g/mol. The van der Waals surface area contributed by atoms with E-state index >= 15 is 0 Å². The average Bonchev–Trinajstić information content (AvgIpc) is 3.06. The van der Waals surface area contributed by atoms with Crippen molar-refractivity contribution in [3.63, 3.8) is 0 Å². The van der Waals surface area contributed by atoms with Gasteiger partial charge in [0.2, 0.25) is 5.91 Å². The minimum atomic E-state index is -0.510. The van der Waals surface area contributed by atoms with E-state index < -0.39 is 5.82 Å². The molecule has 1 fully saturated rings. The van der Waals surface area contributed by atoms with Gasteiger partial charge < -0.3 is 15.0 Å². The minimum absolute atomic E-state index is 0.0330. The van der Waals surface area contributed by atoms with Crippen LogP contribution >= 0.6 is 0 Å². The quantitative estimate of drug-likeness (QED) is 0.866. The molecule has 1 aliphatic heterocycles. The van der Waals surface area contributed by atoms with Crippen molar-refractivity contribution in [1.29, 1.82) is 0 Å². The smallest absolute Gasteiger partial charge is 0.251 e. The monoisotopic (exact) mass is 356 g/mol. The molecule has 6 heteroatoms. The van der Waals surface area contributed by atoms with Crippen molar-refractivity contribution in [1.82, 2.24) is 10.2 Å². The first-order valence-corrected chi connectivity index (χ1v) is 8.55. The molecule has 136 valence electrons. The Morgan fingerprint density at radius 2 is 2.00 bits per heavy atom. The van der Waals surface area contributed by atoms with Gasteiger partial charge in [0.15, 0.2) is 11.6 Å². The van der Waals surface area contributed by atoms with Crippen LogP contribution in [0.15, 0.2) is 42.5 Å². The third kappa shape index (κ3) is 4.02. The van der Waals surface area contributed by atoms with Crippen LogP contribution in [0.25, 0.3) is 0 Å². The topological polar surface area (TPSA) is 58.6 Å². The number of hydrogen-bond donors (Lipinski definition) is 1. The molecular formula is C20H21FN2O3. The van der Waals surface area contributed by atoms with Gasteiger partial charge >= 0.3 is 0 Å². The minimum Gasteiger partial charge on any atom is -0.494 e. The zero-order chi connectivity index (χ0) is 18.5. The second-order valence-corrected chi connectivity index (χ2v) is 6.22. The fourth-order valence-electron chi connectivity index (χ4n) is 3.04. The van der Waals surface area contributed by atoms with Gasteiger partial charge in [0.25, 0.3) is 5.91 Å². The summed E-state index contributed by atoms with van der Waals surface area (Å²) >= 11 is 0. The van der Waals surface area contributed by atoms with E-state index in [0.717, 1.165) is 24.1 Å². The molecule has 2 aromatic carbocycles. The van der Waals surface area contributed by atoms with Gasteiger partial charge in [-0.15, -0.1) is 0 Å². The molecule has 0 spiro atoms. The highest BCUT2D eigenvalue weighted by atomic mass is 19.1. The summed E-state index contributed by atoms with van der Waals surface area (Å²) in [6.07, 6.45) is 1.50. The van der Waals surface area contributed by atoms with Gasteiger partial charge in [0, 0.05) is 31.6 Å². The van der Waals surface area contributed by atoms with E-state index in [-0.39, 0.29) is 17.6 Å². The summed E-state index contributed by atoms with van der Waals surface area (Å²) in [5, 5.41) is 2.84. The van der Waals surface area contributed by atoms with Gasteiger partial charge in [-0.2, -0.15) is 0 Å². The number of amides is 2. The number of methoxy groups -OCH3 is 1. The van der Waals surface area contributed by atoms with E-state index in [4.69, 9.17) is 4.74 Å². The summed E-state index contributed by atoms with van der Waals surface area (Å²) < 4.78 is 18.4. The zero-order valence-electron chi connectivity index (χ0n) is 14.6. The standard InChI is InChI=1S/C20H21FN2O3/c1-26-18-11-14(8-9-17(18)21)20(25)22-12-15-5-2-3-6-16(15)13-23-10-4-7-19(23)24/h2-3,5-6,8-9,11H,4,7,10,12-13H2,1H3,(H,22,25). The van der Waals surface area contributed by atoms with Crippen molar-refractivity contribution in [3.8, 4) is 5.75 Å². The molecule has 0 aliphatic carbocycles. The fraction of sp³-hybridized carbons (Fsp3) is 0.300. The highest BCUT2D eigenvalue weighted by Gasteiger charge is 2.21. The van der Waals surface area contributed by atoms with Gasteiger partial charge in [-0.05, 0) is 35.7 Å². The molecular weight excluding hydrogens is 335 g/mol. The highest BCUT2D eigenvalue weighted by molar-refractivity contribution is 5.94. The maximum absolute atomic E-state index is 13.5. The molecule has 5 nitrogen and oxygen atoms in total. The first-order chi connectivity index (χ1) is 12.6. The summed E-state index contributed by atoms with van der Waals surface area (Å²) in [7, 11) is 1.36. The Hall–Kier alpha value is -2.89. The van der Waals surface area contributed by atoms with Crippen LogP contribution in [0.1, 0.15) is 34.3 Å². The largest absolute Gasteiger partial charge is 0.494 e. The van der Waals surface area contributed by atoms with E-state index in [1.807, 2.05) is 29.2 Å². The molecule has 0 radical (unpaired) electrons. The molecule has 2 amide bonds. The second kappa shape index (κ2) is 7.99. The Morgan fingerprint density at radius 3 is 2.69 bits per heavy atom. The van der Waals surface area contributed by atoms with Gasteiger partial charge in [0.05, 0.1) is 7.11 Å². The van der Waals surface area contributed by atoms with Gasteiger partial charge in [0.1, 0.15) is 0 Å². The molecule has 26 heavy (non-hydrogen) atoms. The zero-order valence-corrected chi connectivity index (χ0v) is 14.6. The highest BCUT2D eigenvalue weighted by Crippen LogP contribution is 2.19. The summed E-state index contributed by atoms with van der Waals surface area (Å²) in [6.45, 7) is 1.65. The summed E-state index contributed by atoms with van der Waals surface area (Å²) in [4.78, 5) is 26.0. The summed E-state index contributed by atoms with van der Waals surface area (Å²) in [5.41, 5.74) is 2.30. The molecule has 0 unspecified atom stereocenters. The first-order valence-electron chi connectivity index (χ1n) is 8.55. The molecule has 0 bridgehead atoms. The molecule has 1 heterocycles. The van der Waals surface area contributed by atoms with Crippen molar-refractivity contribution in [2.75, 3.05) is 13.7 Å². The lowest BCUT2D eigenvalue weighted by Crippen LogP contribution is -2.26. The second-order valence-electron chi connectivity index (χ2n) is 6.22. The molecule has 3 rings (SSSR count). The van der Waals surface area contributed by atoms with Crippen LogP contribution in [0.2, 0.25) is 0 Å². The van der Waals surface area contributed by atoms with E-state index in [9.17, 15) is 14.0 Å². The van der Waals surface area contributed by atoms with E-state index in [1.165, 1.54) is 25.3 Å². The number of ether oxygens (including phenoxy) is 1. The lowest BCUT2D eigenvalue weighted by Gasteiger charge is -2.18. The summed E-state index contributed by atoms with van der Waals surface area (Å²) in [5.74, 6) is -0.618. The number of nitrogens with one attached hydrogen (secondary N) is 1. The number of benzene rings is 2. The number of rotatable bonds is 6. The maximum atomic E-state index is 13.5. The predicted octanol–water partition coefficient (Wildman–Crippen LogP) is 2.89. The Labute approximate surface area is 151 Å². The lowest BCUT2D eigenvalue weighted by atomic mass is 10.1. The Morgan fingerprint density at radius 1 is 1.23 bits per heavy atom. The van der Waals surface area contributed by atoms with Gasteiger partial charge in [-0.3, -0.25) is 9.59 Å². The molecule has 0 aromatic heterocycles. The molecule has 0 saturated carbocycles. The first kappa shape index (κ1) is 17.9. The summed E-state index contributed by atoms with van der Waals surface area (Å²) in [6, 6.07) is 11.7. The Bertz CT molecular complexity index is 822. The molecule has 0 atom stereocenters. The van der Waals surface area contributed by atoms with Crippen LogP contribution in [0.5, 0.6) is 5.75 Å². The van der Waals surface area contributed by atoms with Crippen LogP contribution in [-0.2, 0) is 17.9 Å². The normalized spacial score (nSPS) is 13.8. The SMILES string of the molecule is COc1cc(C(=O)NCc2ccccc2CN2CCCC2=O)ccc1F. The lowest BCUT2D eigenvalue weighted by molar-refractivity contribution is -0.128. The van der Waals surface area contributed by atoms with E-state index in [0.29, 0.717) is 25.1 Å². The van der Waals surface area contributed by atoms with Crippen LogP contribution in [0, 0.1) is 5.82 Å². The molecule has 1 aliphatic rings. The Kier molecular flexibility index (Phi) is 5.51. The fourth-order valence-corrected chi connectivity index (χ4v) is 3.04. The van der Waals surface area contributed by atoms with Crippen LogP contribution in [0.3, 0.4) is 0 Å². The van der Waals surface area contributed by atoms with Crippen molar-refractivity contribution in [2.24, 2.45) is 0 Å². The Balaban J connectivity index is 1.68. The van der Waals surface area contributed by atoms with Crippen molar-refractivity contribution in [2.45, 2.75) is 25.9 Å². The third-order valence-electron chi connectivity index (χ3n) is 4.50. The number of halogens is 1. The van der Waals surface area contributed by atoms with Crippen LogP contribution < -0.4 is 10.1 Å². The van der Waals surface area contributed by atoms with Crippen molar-refractivity contribution < 1.29 is 18.7 Å². The van der Waals surface area contributed by atoms with Crippen molar-refractivity contribution in [3.05, 3.63) is 65.0 Å². The van der Waals surface area contributed by atoms with E-state index in [2.05, 4.69) is 5.32 Å². The number of carbonyl (C=O) groups is 2. The molecule has 2 aromatic rings. The van der Waals surface area contributed by atoms with E-state index in [1.54, 1.807) is 0 Å². The van der Waals surface area contributed by atoms with Crippen molar-refractivity contribution >= 4 is 11.8 Å². The number of carbonyl (C=O) groups excluding carboxylic acids is 2. The molecule has 1 N–H and O–H groups in total.